The third kappa shape index (κ3) is 1.96. The van der Waals surface area contributed by atoms with E-state index in [2.05, 4.69) is 4.98 Å². The van der Waals surface area contributed by atoms with Gasteiger partial charge >= 0.3 is 0 Å². The topological polar surface area (TPSA) is 43.3 Å². The van der Waals surface area contributed by atoms with Gasteiger partial charge in [-0.15, -0.1) is 0 Å². The maximum absolute atomic E-state index is 6.20. The molecule has 0 radical (unpaired) electrons. The van der Waals surface area contributed by atoms with Gasteiger partial charge < -0.3 is 5.73 Å². The van der Waals surface area contributed by atoms with Crippen molar-refractivity contribution in [1.29, 1.82) is 0 Å². The number of hydrogen-bond donors (Lipinski definition) is 1. The number of benzene rings is 1. The molecule has 2 N–H and O–H groups in total. The number of fused-ring (bicyclic) bond motifs is 1. The van der Waals surface area contributed by atoms with Crippen LogP contribution in [0.4, 0.5) is 5.82 Å². The van der Waals surface area contributed by atoms with Gasteiger partial charge in [-0.25, -0.2) is 4.98 Å². The Morgan fingerprint density at radius 1 is 1.16 bits per heavy atom. The van der Waals surface area contributed by atoms with Gasteiger partial charge in [0, 0.05) is 16.8 Å². The number of nitrogens with two attached hydrogens (primary N) is 1. The van der Waals surface area contributed by atoms with E-state index in [0.717, 1.165) is 28.0 Å². The first kappa shape index (κ1) is 12.1. The van der Waals surface area contributed by atoms with Crippen LogP contribution in [0.2, 0.25) is 5.02 Å². The summed E-state index contributed by atoms with van der Waals surface area (Å²) in [6.07, 6.45) is 1.94. The summed E-state index contributed by atoms with van der Waals surface area (Å²) in [5.41, 5.74) is 11.1. The molecule has 0 atom stereocenters. The van der Waals surface area contributed by atoms with E-state index in [9.17, 15) is 0 Å². The molecule has 19 heavy (non-hydrogen) atoms. The van der Waals surface area contributed by atoms with Gasteiger partial charge in [-0.1, -0.05) is 17.7 Å². The summed E-state index contributed by atoms with van der Waals surface area (Å²) in [5.74, 6) is 0.639. The summed E-state index contributed by atoms with van der Waals surface area (Å²) in [7, 11) is 0. The summed E-state index contributed by atoms with van der Waals surface area (Å²) in [4.78, 5) is 4.62. The predicted octanol–water partition coefficient (Wildman–Crippen LogP) is 3.85. The highest BCUT2D eigenvalue weighted by molar-refractivity contribution is 6.30. The number of anilines is 1. The van der Waals surface area contributed by atoms with E-state index in [1.54, 1.807) is 0 Å². The highest BCUT2D eigenvalue weighted by Gasteiger charge is 2.13. The van der Waals surface area contributed by atoms with Crippen molar-refractivity contribution >= 4 is 23.1 Å². The SMILES string of the molecule is Cc1ccn2c(N)c(-c3cc(Cl)ccc3C)nc2c1. The van der Waals surface area contributed by atoms with Gasteiger partial charge in [-0.3, -0.25) is 4.40 Å². The van der Waals surface area contributed by atoms with Crippen LogP contribution >= 0.6 is 11.6 Å². The van der Waals surface area contributed by atoms with Crippen molar-refractivity contribution in [3.05, 3.63) is 52.7 Å². The van der Waals surface area contributed by atoms with Gasteiger partial charge in [0.1, 0.15) is 17.2 Å². The lowest BCUT2D eigenvalue weighted by atomic mass is 10.1. The lowest BCUT2D eigenvalue weighted by Crippen LogP contribution is -1.94. The van der Waals surface area contributed by atoms with Crippen molar-refractivity contribution in [3.63, 3.8) is 0 Å². The van der Waals surface area contributed by atoms with Crippen LogP contribution in [0.25, 0.3) is 16.9 Å². The van der Waals surface area contributed by atoms with Crippen LogP contribution in [0.1, 0.15) is 11.1 Å². The summed E-state index contributed by atoms with van der Waals surface area (Å²) >= 11 is 6.07. The Morgan fingerprint density at radius 3 is 2.74 bits per heavy atom. The zero-order valence-corrected chi connectivity index (χ0v) is 11.6. The second-order valence-electron chi connectivity index (χ2n) is 4.74. The third-order valence-electron chi connectivity index (χ3n) is 3.27. The number of hydrogen-bond acceptors (Lipinski definition) is 2. The van der Waals surface area contributed by atoms with Crippen LogP contribution in [-0.2, 0) is 0 Å². The molecule has 3 nitrogen and oxygen atoms in total. The van der Waals surface area contributed by atoms with E-state index in [4.69, 9.17) is 17.3 Å². The molecule has 3 rings (SSSR count). The number of nitrogen functional groups attached to an aromatic ring is 1. The number of halogens is 1. The molecule has 96 valence electrons. The highest BCUT2D eigenvalue weighted by atomic mass is 35.5. The Kier molecular flexibility index (Phi) is 2.72. The molecular formula is C15H14ClN3. The molecule has 2 aromatic heterocycles. The molecule has 4 heteroatoms. The predicted molar refractivity (Wildman–Crippen MR) is 79.5 cm³/mol. The van der Waals surface area contributed by atoms with E-state index in [-0.39, 0.29) is 0 Å². The van der Waals surface area contributed by atoms with E-state index >= 15 is 0 Å². The van der Waals surface area contributed by atoms with Gasteiger partial charge in [0.15, 0.2) is 0 Å². The van der Waals surface area contributed by atoms with E-state index in [1.165, 1.54) is 0 Å². The van der Waals surface area contributed by atoms with Crippen LogP contribution in [-0.4, -0.2) is 9.38 Å². The van der Waals surface area contributed by atoms with Crippen LogP contribution in [0, 0.1) is 13.8 Å². The minimum atomic E-state index is 0.639. The fourth-order valence-corrected chi connectivity index (χ4v) is 2.39. The largest absolute Gasteiger partial charge is 0.383 e. The summed E-state index contributed by atoms with van der Waals surface area (Å²) in [5, 5.41) is 0.688. The Labute approximate surface area is 116 Å². The molecule has 0 fully saturated rings. The van der Waals surface area contributed by atoms with E-state index < -0.39 is 0 Å². The first-order valence-corrected chi connectivity index (χ1v) is 6.45. The lowest BCUT2D eigenvalue weighted by Gasteiger charge is -2.04. The number of nitrogens with zero attached hydrogens (tertiary/aromatic N) is 2. The van der Waals surface area contributed by atoms with Crippen molar-refractivity contribution in [1.82, 2.24) is 9.38 Å². The minimum absolute atomic E-state index is 0.639. The average molecular weight is 272 g/mol. The van der Waals surface area contributed by atoms with Crippen molar-refractivity contribution in [2.24, 2.45) is 0 Å². The summed E-state index contributed by atoms with van der Waals surface area (Å²) in [6.45, 7) is 4.07. The molecule has 0 bridgehead atoms. The Hall–Kier alpha value is -2.00. The van der Waals surface area contributed by atoms with Gasteiger partial charge in [0.2, 0.25) is 0 Å². The second-order valence-corrected chi connectivity index (χ2v) is 5.17. The first-order chi connectivity index (χ1) is 9.06. The summed E-state index contributed by atoms with van der Waals surface area (Å²) in [6, 6.07) is 9.78. The van der Waals surface area contributed by atoms with E-state index in [0.29, 0.717) is 10.8 Å². The highest BCUT2D eigenvalue weighted by Crippen LogP contribution is 2.31. The second kappa shape index (κ2) is 4.28. The number of rotatable bonds is 1. The van der Waals surface area contributed by atoms with Crippen molar-refractivity contribution < 1.29 is 0 Å². The molecule has 3 aromatic rings. The van der Waals surface area contributed by atoms with Gasteiger partial charge in [-0.2, -0.15) is 0 Å². The molecule has 0 aliphatic heterocycles. The quantitative estimate of drug-likeness (QED) is 0.730. The molecule has 0 aliphatic carbocycles. The third-order valence-corrected chi connectivity index (χ3v) is 3.51. The zero-order valence-electron chi connectivity index (χ0n) is 10.8. The van der Waals surface area contributed by atoms with E-state index in [1.807, 2.05) is 54.8 Å². The molecule has 0 unspecified atom stereocenters. The number of aryl methyl sites for hydroxylation is 2. The van der Waals surface area contributed by atoms with Gasteiger partial charge in [0.05, 0.1) is 0 Å². The van der Waals surface area contributed by atoms with Crippen LogP contribution in [0.3, 0.4) is 0 Å². The van der Waals surface area contributed by atoms with Gasteiger partial charge in [0.25, 0.3) is 0 Å². The van der Waals surface area contributed by atoms with Crippen LogP contribution in [0.15, 0.2) is 36.5 Å². The molecule has 2 heterocycles. The Balaban J connectivity index is 2.30. The van der Waals surface area contributed by atoms with Crippen molar-refractivity contribution in [3.8, 4) is 11.3 Å². The first-order valence-electron chi connectivity index (χ1n) is 6.07. The molecular weight excluding hydrogens is 258 g/mol. The standard InChI is InChI=1S/C15H14ClN3/c1-9-5-6-19-13(7-9)18-14(15(19)17)12-8-11(16)4-3-10(12)2/h3-8H,17H2,1-2H3. The maximum atomic E-state index is 6.20. The summed E-state index contributed by atoms with van der Waals surface area (Å²) < 4.78 is 1.89. The smallest absolute Gasteiger partial charge is 0.139 e. The number of aromatic nitrogens is 2. The molecule has 1 aromatic carbocycles. The zero-order chi connectivity index (χ0) is 13.6. The fourth-order valence-electron chi connectivity index (χ4n) is 2.21. The number of imidazole rings is 1. The molecule has 0 saturated carbocycles. The van der Waals surface area contributed by atoms with Crippen molar-refractivity contribution in [2.45, 2.75) is 13.8 Å². The minimum Gasteiger partial charge on any atom is -0.383 e. The number of pyridine rings is 1. The van der Waals surface area contributed by atoms with Crippen molar-refractivity contribution in [2.75, 3.05) is 5.73 Å². The Morgan fingerprint density at radius 2 is 1.95 bits per heavy atom. The van der Waals surface area contributed by atoms with Gasteiger partial charge in [-0.05, 0) is 49.2 Å². The fraction of sp³-hybridized carbons (Fsp3) is 0.133. The molecule has 0 amide bonds. The normalized spacial score (nSPS) is 11.1. The molecule has 0 saturated heterocycles. The average Bonchev–Trinajstić information content (AvgIpc) is 2.69. The monoisotopic (exact) mass is 271 g/mol. The lowest BCUT2D eigenvalue weighted by molar-refractivity contribution is 1.18. The van der Waals surface area contributed by atoms with Crippen LogP contribution in [0.5, 0.6) is 0 Å². The molecule has 0 spiro atoms. The molecule has 0 aliphatic rings. The Bertz CT molecular complexity index is 774. The maximum Gasteiger partial charge on any atom is 0.139 e. The van der Waals surface area contributed by atoms with Crippen LogP contribution < -0.4 is 5.73 Å².